The Labute approximate surface area is 132 Å². The zero-order chi connectivity index (χ0) is 16.5. The van der Waals surface area contributed by atoms with Crippen LogP contribution >= 0.6 is 0 Å². The second kappa shape index (κ2) is 6.12. The number of methoxy groups -OCH3 is 1. The van der Waals surface area contributed by atoms with Crippen LogP contribution in [0.5, 0.6) is 5.75 Å². The van der Waals surface area contributed by atoms with E-state index in [1.165, 1.54) is 23.5 Å². The van der Waals surface area contributed by atoms with Gasteiger partial charge >= 0.3 is 0 Å². The number of imidazole rings is 1. The van der Waals surface area contributed by atoms with Gasteiger partial charge in [-0.2, -0.15) is 0 Å². The Balaban J connectivity index is 2.67. The van der Waals surface area contributed by atoms with Gasteiger partial charge < -0.3 is 4.74 Å². The molecule has 0 aliphatic rings. The summed E-state index contributed by atoms with van der Waals surface area (Å²) >= 11 is 0. The summed E-state index contributed by atoms with van der Waals surface area (Å²) in [6.07, 6.45) is 2.98. The molecule has 2 aromatic rings. The Morgan fingerprint density at radius 2 is 1.82 bits per heavy atom. The van der Waals surface area contributed by atoms with Crippen molar-refractivity contribution in [3.8, 4) is 5.75 Å². The quantitative estimate of drug-likeness (QED) is 0.846. The highest BCUT2D eigenvalue weighted by Crippen LogP contribution is 2.30. The van der Waals surface area contributed by atoms with Crippen molar-refractivity contribution in [3.05, 3.63) is 42.0 Å². The summed E-state index contributed by atoms with van der Waals surface area (Å²) in [5.41, 5.74) is 0.950. The molecule has 1 aromatic heterocycles. The number of hydrogen-bond acceptors (Lipinski definition) is 4. The zero-order valence-corrected chi connectivity index (χ0v) is 14.4. The van der Waals surface area contributed by atoms with Crippen LogP contribution in [-0.4, -0.2) is 24.5 Å². The van der Waals surface area contributed by atoms with Crippen LogP contribution in [0.15, 0.2) is 35.5 Å². The smallest absolute Gasteiger partial charge is 0.272 e. The van der Waals surface area contributed by atoms with Crippen molar-refractivity contribution in [3.63, 3.8) is 0 Å². The van der Waals surface area contributed by atoms with Crippen LogP contribution in [0.3, 0.4) is 0 Å². The highest BCUT2D eigenvalue weighted by molar-refractivity contribution is 7.90. The molecule has 0 radical (unpaired) electrons. The van der Waals surface area contributed by atoms with Crippen LogP contribution in [0.1, 0.15) is 50.9 Å². The fourth-order valence-corrected chi connectivity index (χ4v) is 3.89. The first-order chi connectivity index (χ1) is 10.3. The van der Waals surface area contributed by atoms with Crippen LogP contribution in [0, 0.1) is 0 Å². The highest BCUT2D eigenvalue weighted by Gasteiger charge is 2.26. The largest absolute Gasteiger partial charge is 0.495 e. The third kappa shape index (κ3) is 2.88. The molecule has 0 fully saturated rings. The summed E-state index contributed by atoms with van der Waals surface area (Å²) < 4.78 is 32.5. The standard InChI is InChI=1S/C16H22N2O3S/c1-11(2)13-6-7-14(21-5)15(10-13)22(19,20)18-9-8-17-16(18)12(3)4/h6-12H,1-5H3. The predicted octanol–water partition coefficient (Wildman–Crippen LogP) is 3.38. The lowest BCUT2D eigenvalue weighted by Gasteiger charge is -2.16. The third-order valence-corrected chi connectivity index (χ3v) is 5.24. The Hall–Kier alpha value is -1.82. The van der Waals surface area contributed by atoms with Gasteiger partial charge in [0.25, 0.3) is 10.0 Å². The van der Waals surface area contributed by atoms with Crippen molar-refractivity contribution in [2.75, 3.05) is 7.11 Å². The van der Waals surface area contributed by atoms with E-state index in [1.54, 1.807) is 12.1 Å². The molecule has 2 rings (SSSR count). The number of hydrogen-bond donors (Lipinski definition) is 0. The molecular weight excluding hydrogens is 300 g/mol. The molecule has 0 atom stereocenters. The normalized spacial score (nSPS) is 12.1. The molecule has 6 heteroatoms. The fraction of sp³-hybridized carbons (Fsp3) is 0.438. The lowest BCUT2D eigenvalue weighted by Crippen LogP contribution is -2.17. The topological polar surface area (TPSA) is 61.2 Å². The van der Waals surface area contributed by atoms with Crippen molar-refractivity contribution in [2.45, 2.75) is 44.4 Å². The van der Waals surface area contributed by atoms with E-state index in [-0.39, 0.29) is 16.7 Å². The van der Waals surface area contributed by atoms with Gasteiger partial charge in [-0.25, -0.2) is 17.4 Å². The van der Waals surface area contributed by atoms with Gasteiger partial charge in [0.15, 0.2) is 0 Å². The van der Waals surface area contributed by atoms with Crippen molar-refractivity contribution >= 4 is 10.0 Å². The van der Waals surface area contributed by atoms with Crippen LogP contribution in [0.2, 0.25) is 0 Å². The Kier molecular flexibility index (Phi) is 4.60. The summed E-state index contributed by atoms with van der Waals surface area (Å²) in [6, 6.07) is 5.27. The molecule has 22 heavy (non-hydrogen) atoms. The Morgan fingerprint density at radius 1 is 1.14 bits per heavy atom. The predicted molar refractivity (Wildman–Crippen MR) is 86.0 cm³/mol. The van der Waals surface area contributed by atoms with E-state index in [2.05, 4.69) is 4.98 Å². The monoisotopic (exact) mass is 322 g/mol. The molecular formula is C16H22N2O3S. The van der Waals surface area contributed by atoms with Crippen molar-refractivity contribution in [1.29, 1.82) is 0 Å². The van der Waals surface area contributed by atoms with E-state index < -0.39 is 10.0 Å². The van der Waals surface area contributed by atoms with E-state index in [0.29, 0.717) is 11.6 Å². The van der Waals surface area contributed by atoms with Gasteiger partial charge in [-0.15, -0.1) is 0 Å². The van der Waals surface area contributed by atoms with E-state index in [0.717, 1.165) is 5.56 Å². The highest BCUT2D eigenvalue weighted by atomic mass is 32.2. The molecule has 0 aliphatic carbocycles. The van der Waals surface area contributed by atoms with Gasteiger partial charge in [-0.05, 0) is 23.6 Å². The zero-order valence-electron chi connectivity index (χ0n) is 13.6. The second-order valence-corrected chi connectivity index (χ2v) is 7.59. The second-order valence-electron chi connectivity index (χ2n) is 5.81. The van der Waals surface area contributed by atoms with Gasteiger partial charge in [0, 0.05) is 18.3 Å². The minimum atomic E-state index is -3.74. The van der Waals surface area contributed by atoms with Gasteiger partial charge in [0.1, 0.15) is 16.5 Å². The summed E-state index contributed by atoms with van der Waals surface area (Å²) in [6.45, 7) is 7.87. The number of aromatic nitrogens is 2. The molecule has 0 spiro atoms. The van der Waals surface area contributed by atoms with Crippen molar-refractivity contribution in [1.82, 2.24) is 8.96 Å². The van der Waals surface area contributed by atoms with Gasteiger partial charge in [0.2, 0.25) is 0 Å². The van der Waals surface area contributed by atoms with Crippen LogP contribution in [0.4, 0.5) is 0 Å². The van der Waals surface area contributed by atoms with Crippen molar-refractivity contribution < 1.29 is 13.2 Å². The number of benzene rings is 1. The maximum absolute atomic E-state index is 13.0. The Bertz CT molecular complexity index is 761. The lowest BCUT2D eigenvalue weighted by molar-refractivity contribution is 0.402. The SMILES string of the molecule is COc1ccc(C(C)C)cc1S(=O)(=O)n1ccnc1C(C)C. The molecule has 0 unspecified atom stereocenters. The first-order valence-electron chi connectivity index (χ1n) is 7.25. The third-order valence-electron chi connectivity index (χ3n) is 3.54. The summed E-state index contributed by atoms with van der Waals surface area (Å²) in [4.78, 5) is 4.33. The average molecular weight is 322 g/mol. The van der Waals surface area contributed by atoms with Gasteiger partial charge in [-0.3, -0.25) is 0 Å². The van der Waals surface area contributed by atoms with Crippen LogP contribution in [-0.2, 0) is 10.0 Å². The van der Waals surface area contributed by atoms with E-state index >= 15 is 0 Å². The maximum Gasteiger partial charge on any atom is 0.272 e. The molecule has 0 N–H and O–H groups in total. The molecule has 1 heterocycles. The van der Waals surface area contributed by atoms with Gasteiger partial charge in [0.05, 0.1) is 7.11 Å². The number of rotatable bonds is 5. The summed E-state index contributed by atoms with van der Waals surface area (Å²) in [7, 11) is -2.27. The first kappa shape index (κ1) is 16.5. The molecule has 5 nitrogen and oxygen atoms in total. The minimum Gasteiger partial charge on any atom is -0.495 e. The van der Waals surface area contributed by atoms with Gasteiger partial charge in [-0.1, -0.05) is 33.8 Å². The average Bonchev–Trinajstić information content (AvgIpc) is 2.96. The molecule has 0 amide bonds. The molecule has 1 aromatic carbocycles. The number of nitrogens with zero attached hydrogens (tertiary/aromatic N) is 2. The van der Waals surface area contributed by atoms with E-state index in [1.807, 2.05) is 33.8 Å². The lowest BCUT2D eigenvalue weighted by atomic mass is 10.0. The van der Waals surface area contributed by atoms with E-state index in [9.17, 15) is 8.42 Å². The molecule has 120 valence electrons. The number of ether oxygens (including phenoxy) is 1. The summed E-state index contributed by atoms with van der Waals surface area (Å²) in [5.74, 6) is 1.08. The maximum atomic E-state index is 13.0. The summed E-state index contributed by atoms with van der Waals surface area (Å²) in [5, 5.41) is 0. The molecule has 0 bridgehead atoms. The first-order valence-corrected chi connectivity index (χ1v) is 8.69. The molecule has 0 aliphatic heterocycles. The van der Waals surface area contributed by atoms with Crippen LogP contribution in [0.25, 0.3) is 0 Å². The fourth-order valence-electron chi connectivity index (χ4n) is 2.27. The molecule has 0 saturated carbocycles. The Morgan fingerprint density at radius 3 is 2.36 bits per heavy atom. The van der Waals surface area contributed by atoms with E-state index in [4.69, 9.17) is 4.74 Å². The molecule has 0 saturated heterocycles. The minimum absolute atomic E-state index is 0.00375. The van der Waals surface area contributed by atoms with Crippen molar-refractivity contribution in [2.24, 2.45) is 0 Å². The van der Waals surface area contributed by atoms with Crippen LogP contribution < -0.4 is 4.74 Å².